The first-order chi connectivity index (χ1) is 8.21. The van der Waals surface area contributed by atoms with Crippen molar-refractivity contribution in [2.45, 2.75) is 6.10 Å². The van der Waals surface area contributed by atoms with Gasteiger partial charge in [-0.15, -0.1) is 11.6 Å². The Hall–Kier alpha value is -1.26. The van der Waals surface area contributed by atoms with Gasteiger partial charge in [0, 0.05) is 6.21 Å². The van der Waals surface area contributed by atoms with Crippen LogP contribution in [0.3, 0.4) is 0 Å². The molecule has 1 rings (SSSR count). The van der Waals surface area contributed by atoms with Crippen LogP contribution < -0.4 is 9.47 Å². The van der Waals surface area contributed by atoms with E-state index in [0.717, 1.165) is 5.56 Å². The highest BCUT2D eigenvalue weighted by atomic mass is 35.5. The summed E-state index contributed by atoms with van der Waals surface area (Å²) >= 11 is 5.46. The fourth-order valence-electron chi connectivity index (χ4n) is 1.26. The Bertz CT molecular complexity index is 382. The average molecular weight is 258 g/mol. The minimum Gasteiger partial charge on any atom is -0.493 e. The van der Waals surface area contributed by atoms with Gasteiger partial charge < -0.3 is 14.6 Å². The molecule has 1 N–H and O–H groups in total. The van der Waals surface area contributed by atoms with Gasteiger partial charge in [0.2, 0.25) is 0 Å². The number of halogens is 1. The van der Waals surface area contributed by atoms with Gasteiger partial charge in [-0.2, -0.15) is 0 Å². The number of benzene rings is 1. The molecule has 1 aromatic rings. The van der Waals surface area contributed by atoms with Crippen molar-refractivity contribution in [2.75, 3.05) is 26.6 Å². The molecule has 5 heteroatoms. The van der Waals surface area contributed by atoms with Crippen molar-refractivity contribution >= 4 is 17.8 Å². The molecule has 0 saturated heterocycles. The summed E-state index contributed by atoms with van der Waals surface area (Å²) in [5.41, 5.74) is 0.879. The van der Waals surface area contributed by atoms with Gasteiger partial charge in [-0.25, -0.2) is 0 Å². The molecule has 0 saturated carbocycles. The van der Waals surface area contributed by atoms with Crippen molar-refractivity contribution in [3.05, 3.63) is 23.8 Å². The summed E-state index contributed by atoms with van der Waals surface area (Å²) in [5, 5.41) is 9.23. The molecule has 0 spiro atoms. The number of rotatable bonds is 6. The lowest BCUT2D eigenvalue weighted by molar-refractivity contribution is 0.207. The first kappa shape index (κ1) is 13.8. The minimum absolute atomic E-state index is 0.184. The van der Waals surface area contributed by atoms with Gasteiger partial charge in [0.15, 0.2) is 11.5 Å². The van der Waals surface area contributed by atoms with E-state index < -0.39 is 6.10 Å². The Balaban J connectivity index is 2.72. The third kappa shape index (κ3) is 4.24. The maximum atomic E-state index is 9.23. The van der Waals surface area contributed by atoms with Crippen LogP contribution in [0, 0.1) is 0 Å². The maximum absolute atomic E-state index is 9.23. The Labute approximate surface area is 106 Å². The number of hydrogen-bond acceptors (Lipinski definition) is 4. The van der Waals surface area contributed by atoms with E-state index in [1.165, 1.54) is 0 Å². The quantitative estimate of drug-likeness (QED) is 0.624. The Kier molecular flexibility index (Phi) is 5.80. The third-order valence-electron chi connectivity index (χ3n) is 2.14. The molecule has 4 nitrogen and oxygen atoms in total. The molecule has 94 valence electrons. The molecule has 0 fully saturated rings. The lowest BCUT2D eigenvalue weighted by Gasteiger charge is -2.07. The first-order valence-corrected chi connectivity index (χ1v) is 5.70. The Morgan fingerprint density at radius 2 is 2.06 bits per heavy atom. The molecule has 1 atom stereocenters. The number of aliphatic hydroxyl groups is 1. The van der Waals surface area contributed by atoms with Crippen LogP contribution in [0.15, 0.2) is 23.2 Å². The highest BCUT2D eigenvalue weighted by Gasteiger charge is 2.03. The van der Waals surface area contributed by atoms with Gasteiger partial charge >= 0.3 is 0 Å². The topological polar surface area (TPSA) is 51.0 Å². The fraction of sp³-hybridized carbons (Fsp3) is 0.417. The summed E-state index contributed by atoms with van der Waals surface area (Å²) in [6.07, 6.45) is 1.06. The van der Waals surface area contributed by atoms with E-state index >= 15 is 0 Å². The highest BCUT2D eigenvalue weighted by Crippen LogP contribution is 2.26. The van der Waals surface area contributed by atoms with Crippen molar-refractivity contribution in [3.63, 3.8) is 0 Å². The number of alkyl halides is 1. The molecule has 0 amide bonds. The van der Waals surface area contributed by atoms with Crippen LogP contribution in [0.1, 0.15) is 5.56 Å². The molecule has 0 aliphatic carbocycles. The predicted octanol–water partition coefficient (Wildman–Crippen LogP) is 1.72. The van der Waals surface area contributed by atoms with E-state index in [9.17, 15) is 5.11 Å². The van der Waals surface area contributed by atoms with Crippen molar-refractivity contribution < 1.29 is 14.6 Å². The zero-order valence-electron chi connectivity index (χ0n) is 9.89. The van der Waals surface area contributed by atoms with Crippen LogP contribution in [0.25, 0.3) is 0 Å². The number of aliphatic imine (C=N–C) groups is 1. The van der Waals surface area contributed by atoms with Crippen LogP contribution in [0.2, 0.25) is 0 Å². The lowest BCUT2D eigenvalue weighted by atomic mass is 10.2. The highest BCUT2D eigenvalue weighted by molar-refractivity contribution is 6.18. The summed E-state index contributed by atoms with van der Waals surface area (Å²) < 4.78 is 10.3. The van der Waals surface area contributed by atoms with Crippen molar-refractivity contribution in [2.24, 2.45) is 4.99 Å². The van der Waals surface area contributed by atoms with E-state index in [1.807, 2.05) is 12.1 Å². The molecule has 0 radical (unpaired) electrons. The summed E-state index contributed by atoms with van der Waals surface area (Å²) in [4.78, 5) is 4.09. The van der Waals surface area contributed by atoms with Gasteiger partial charge in [-0.05, 0) is 23.8 Å². The van der Waals surface area contributed by atoms with Crippen LogP contribution in [-0.4, -0.2) is 44.1 Å². The predicted molar refractivity (Wildman–Crippen MR) is 68.7 cm³/mol. The van der Waals surface area contributed by atoms with E-state index in [0.29, 0.717) is 11.5 Å². The fourth-order valence-corrected chi connectivity index (χ4v) is 1.36. The molecule has 0 aliphatic heterocycles. The van der Waals surface area contributed by atoms with Crippen molar-refractivity contribution in [1.29, 1.82) is 0 Å². The van der Waals surface area contributed by atoms with Crippen molar-refractivity contribution in [3.8, 4) is 11.5 Å². The molecular weight excluding hydrogens is 242 g/mol. The number of methoxy groups -OCH3 is 2. The largest absolute Gasteiger partial charge is 0.493 e. The molecular formula is C12H16ClNO3. The van der Waals surface area contributed by atoms with E-state index in [2.05, 4.69) is 4.99 Å². The smallest absolute Gasteiger partial charge is 0.161 e. The summed E-state index contributed by atoms with van der Waals surface area (Å²) in [6.45, 7) is 0.290. The first-order valence-electron chi connectivity index (χ1n) is 5.17. The lowest BCUT2D eigenvalue weighted by Crippen LogP contribution is -2.12. The van der Waals surface area contributed by atoms with Gasteiger partial charge in [-0.3, -0.25) is 4.99 Å². The molecule has 0 aromatic heterocycles. The van der Waals surface area contributed by atoms with Crippen LogP contribution in [0.4, 0.5) is 0 Å². The molecule has 0 heterocycles. The molecule has 0 aliphatic rings. The molecule has 1 aromatic carbocycles. The van der Waals surface area contributed by atoms with Crippen molar-refractivity contribution in [1.82, 2.24) is 0 Å². The van der Waals surface area contributed by atoms with Gasteiger partial charge in [-0.1, -0.05) is 0 Å². The number of ether oxygens (including phenoxy) is 2. The Morgan fingerprint density at radius 3 is 2.65 bits per heavy atom. The standard InChI is InChI=1S/C12H16ClNO3/c1-16-11-4-3-9(5-12(11)17-2)7-14-8-10(15)6-13/h3-5,7,10,15H,6,8H2,1-2H3/t10-/m1/s1. The second-order valence-electron chi connectivity index (χ2n) is 3.42. The SMILES string of the molecule is COc1ccc(C=NC[C@H](O)CCl)cc1OC. The molecule has 0 unspecified atom stereocenters. The Morgan fingerprint density at radius 1 is 1.35 bits per heavy atom. The van der Waals surface area contributed by atoms with Gasteiger partial charge in [0.25, 0.3) is 0 Å². The summed E-state index contributed by atoms with van der Waals surface area (Å²) in [7, 11) is 3.17. The van der Waals surface area contributed by atoms with Crippen LogP contribution in [-0.2, 0) is 0 Å². The van der Waals surface area contributed by atoms with Crippen LogP contribution >= 0.6 is 11.6 Å². The van der Waals surface area contributed by atoms with E-state index in [1.54, 1.807) is 26.5 Å². The zero-order chi connectivity index (χ0) is 12.7. The molecule has 17 heavy (non-hydrogen) atoms. The summed E-state index contributed by atoms with van der Waals surface area (Å²) in [6, 6.07) is 5.48. The molecule has 0 bridgehead atoms. The monoisotopic (exact) mass is 257 g/mol. The normalized spacial score (nSPS) is 12.7. The summed E-state index contributed by atoms with van der Waals surface area (Å²) in [5.74, 6) is 1.50. The average Bonchev–Trinajstić information content (AvgIpc) is 2.38. The van der Waals surface area contributed by atoms with Gasteiger partial charge in [0.05, 0.1) is 32.7 Å². The number of nitrogens with zero attached hydrogens (tertiary/aromatic N) is 1. The van der Waals surface area contributed by atoms with Gasteiger partial charge in [0.1, 0.15) is 0 Å². The third-order valence-corrected chi connectivity index (χ3v) is 2.50. The second kappa shape index (κ2) is 7.14. The van der Waals surface area contributed by atoms with E-state index in [4.69, 9.17) is 21.1 Å². The van der Waals surface area contributed by atoms with Crippen LogP contribution in [0.5, 0.6) is 11.5 Å². The zero-order valence-corrected chi connectivity index (χ0v) is 10.6. The van der Waals surface area contributed by atoms with E-state index in [-0.39, 0.29) is 12.4 Å². The number of aliphatic hydroxyl groups excluding tert-OH is 1. The minimum atomic E-state index is -0.604. The second-order valence-corrected chi connectivity index (χ2v) is 3.73. The number of hydrogen-bond donors (Lipinski definition) is 1. The maximum Gasteiger partial charge on any atom is 0.161 e.